The second-order valence-electron chi connectivity index (χ2n) is 3.10. The summed E-state index contributed by atoms with van der Waals surface area (Å²) in [6.45, 7) is 0. The fraction of sp³-hybridized carbons (Fsp3) is 0.250. The van der Waals surface area contributed by atoms with Crippen molar-refractivity contribution in [3.8, 4) is 0 Å². The highest BCUT2D eigenvalue weighted by atomic mass is 16.2. The third-order valence-corrected chi connectivity index (χ3v) is 2.28. The molecule has 68 valence electrons. The molecular weight excluding hydrogens is 170 g/mol. The van der Waals surface area contributed by atoms with Crippen LogP contribution in [-0.4, -0.2) is 17.4 Å². The molecule has 4 N–H and O–H groups in total. The highest BCUT2D eigenvalue weighted by Gasteiger charge is 2.47. The Morgan fingerprint density at radius 1 is 1.31 bits per heavy atom. The van der Waals surface area contributed by atoms with Gasteiger partial charge in [0.25, 0.3) is 5.91 Å². The lowest BCUT2D eigenvalue weighted by Crippen LogP contribution is -2.69. The van der Waals surface area contributed by atoms with Crippen LogP contribution in [0, 0.1) is 5.92 Å². The van der Waals surface area contributed by atoms with Gasteiger partial charge in [0.05, 0.1) is 5.92 Å². The van der Waals surface area contributed by atoms with Crippen molar-refractivity contribution >= 4 is 11.8 Å². The molecule has 5 nitrogen and oxygen atoms in total. The molecular formula is C8H9N3O2. The van der Waals surface area contributed by atoms with Crippen LogP contribution < -0.4 is 16.6 Å². The van der Waals surface area contributed by atoms with Crippen LogP contribution in [-0.2, 0) is 9.59 Å². The zero-order valence-corrected chi connectivity index (χ0v) is 6.78. The number of nitrogens with two attached hydrogens (primary N) is 1. The van der Waals surface area contributed by atoms with Crippen molar-refractivity contribution in [1.82, 2.24) is 10.9 Å². The van der Waals surface area contributed by atoms with E-state index in [2.05, 4.69) is 10.9 Å². The predicted molar refractivity (Wildman–Crippen MR) is 45.0 cm³/mol. The normalized spacial score (nSPS) is 36.5. The lowest BCUT2D eigenvalue weighted by Gasteiger charge is -2.36. The number of carbonyl (C=O) groups excluding carboxylic acids is 2. The number of nitrogens with one attached hydrogen (secondary N) is 2. The first-order valence-corrected chi connectivity index (χ1v) is 3.90. The van der Waals surface area contributed by atoms with Gasteiger partial charge in [-0.05, 0) is 0 Å². The van der Waals surface area contributed by atoms with Crippen LogP contribution in [0.5, 0.6) is 0 Å². The first kappa shape index (κ1) is 8.00. The number of rotatable bonds is 0. The number of hydrogen-bond acceptors (Lipinski definition) is 3. The van der Waals surface area contributed by atoms with E-state index in [0.717, 1.165) is 0 Å². The maximum Gasteiger partial charge on any atom is 0.263 e. The number of fused-ring (bicyclic) bond motifs is 1. The molecule has 0 aromatic carbocycles. The van der Waals surface area contributed by atoms with E-state index >= 15 is 0 Å². The van der Waals surface area contributed by atoms with Gasteiger partial charge in [-0.25, -0.2) is 0 Å². The van der Waals surface area contributed by atoms with E-state index in [1.165, 1.54) is 6.08 Å². The summed E-state index contributed by atoms with van der Waals surface area (Å²) in [4.78, 5) is 22.6. The molecule has 1 aliphatic carbocycles. The van der Waals surface area contributed by atoms with Gasteiger partial charge in [-0.15, -0.1) is 0 Å². The Labute approximate surface area is 74.6 Å². The minimum atomic E-state index is -1.23. The van der Waals surface area contributed by atoms with Crippen LogP contribution in [0.4, 0.5) is 0 Å². The molecule has 0 spiro atoms. The van der Waals surface area contributed by atoms with Gasteiger partial charge in [-0.1, -0.05) is 24.3 Å². The first-order chi connectivity index (χ1) is 6.14. The van der Waals surface area contributed by atoms with E-state index in [9.17, 15) is 9.59 Å². The smallest absolute Gasteiger partial charge is 0.263 e. The number of hydrogen-bond donors (Lipinski definition) is 3. The zero-order chi connectivity index (χ0) is 9.47. The van der Waals surface area contributed by atoms with Crippen LogP contribution >= 0.6 is 0 Å². The molecule has 1 aliphatic heterocycles. The number of hydrazine groups is 1. The SMILES string of the molecule is NC12C=CC=CC1C(=O)NNC2=O. The van der Waals surface area contributed by atoms with Crippen molar-refractivity contribution in [1.29, 1.82) is 0 Å². The summed E-state index contributed by atoms with van der Waals surface area (Å²) < 4.78 is 0. The highest BCUT2D eigenvalue weighted by molar-refractivity contribution is 6.01. The summed E-state index contributed by atoms with van der Waals surface area (Å²) in [5.74, 6) is -1.29. The Morgan fingerprint density at radius 2 is 2.08 bits per heavy atom. The average molecular weight is 179 g/mol. The molecule has 1 fully saturated rings. The molecule has 0 aromatic rings. The van der Waals surface area contributed by atoms with Crippen LogP contribution in [0.25, 0.3) is 0 Å². The molecule has 13 heavy (non-hydrogen) atoms. The van der Waals surface area contributed by atoms with Crippen molar-refractivity contribution in [2.24, 2.45) is 11.7 Å². The molecule has 2 aliphatic rings. The van der Waals surface area contributed by atoms with Gasteiger partial charge in [0.15, 0.2) is 0 Å². The second-order valence-corrected chi connectivity index (χ2v) is 3.10. The summed E-state index contributed by atoms with van der Waals surface area (Å²) in [7, 11) is 0. The third-order valence-electron chi connectivity index (χ3n) is 2.28. The molecule has 0 saturated carbocycles. The largest absolute Gasteiger partial charge is 0.313 e. The maximum absolute atomic E-state index is 11.4. The number of carbonyl (C=O) groups is 2. The summed E-state index contributed by atoms with van der Waals surface area (Å²) in [6.07, 6.45) is 6.52. The lowest BCUT2D eigenvalue weighted by molar-refractivity contribution is -0.141. The van der Waals surface area contributed by atoms with Gasteiger partial charge in [0.1, 0.15) is 5.54 Å². The molecule has 0 radical (unpaired) electrons. The third kappa shape index (κ3) is 0.972. The summed E-state index contributed by atoms with van der Waals surface area (Å²) in [5, 5.41) is 0. The Morgan fingerprint density at radius 3 is 2.77 bits per heavy atom. The van der Waals surface area contributed by atoms with Gasteiger partial charge in [-0.3, -0.25) is 20.4 Å². The summed E-state index contributed by atoms with van der Waals surface area (Å²) >= 11 is 0. The number of allylic oxidation sites excluding steroid dienone is 2. The average Bonchev–Trinajstić information content (AvgIpc) is 2.12. The van der Waals surface area contributed by atoms with E-state index in [1.807, 2.05) is 0 Å². The number of amides is 2. The van der Waals surface area contributed by atoms with Crippen LogP contribution in [0.1, 0.15) is 0 Å². The standard InChI is InChI=1S/C8H9N3O2/c9-8-4-2-1-3-5(8)6(12)10-11-7(8)13/h1-5H,9H2,(H,10,12)(H,11,13). The van der Waals surface area contributed by atoms with E-state index in [-0.39, 0.29) is 5.91 Å². The molecule has 2 atom stereocenters. The summed E-state index contributed by atoms with van der Waals surface area (Å²) in [5.41, 5.74) is 9.04. The van der Waals surface area contributed by atoms with Crippen LogP contribution in [0.3, 0.4) is 0 Å². The Bertz CT molecular complexity index is 334. The minimum absolute atomic E-state index is 0.289. The van der Waals surface area contributed by atoms with Crippen LogP contribution in [0.15, 0.2) is 24.3 Å². The van der Waals surface area contributed by atoms with Crippen LogP contribution in [0.2, 0.25) is 0 Å². The molecule has 0 aromatic heterocycles. The molecule has 1 saturated heterocycles. The van der Waals surface area contributed by atoms with E-state index < -0.39 is 17.4 Å². The van der Waals surface area contributed by atoms with E-state index in [4.69, 9.17) is 5.73 Å². The molecule has 5 heteroatoms. The van der Waals surface area contributed by atoms with Gasteiger partial charge in [0.2, 0.25) is 5.91 Å². The van der Waals surface area contributed by atoms with E-state index in [1.54, 1.807) is 18.2 Å². The molecule has 0 bridgehead atoms. The van der Waals surface area contributed by atoms with Gasteiger partial charge in [0, 0.05) is 0 Å². The predicted octanol–water partition coefficient (Wildman–Crippen LogP) is -1.41. The lowest BCUT2D eigenvalue weighted by atomic mass is 9.79. The van der Waals surface area contributed by atoms with E-state index in [0.29, 0.717) is 0 Å². The van der Waals surface area contributed by atoms with Gasteiger partial charge >= 0.3 is 0 Å². The minimum Gasteiger partial charge on any atom is -0.313 e. The Balaban J connectivity index is 2.43. The summed E-state index contributed by atoms with van der Waals surface area (Å²) in [6, 6.07) is 0. The van der Waals surface area contributed by atoms with Crippen molar-refractivity contribution in [2.45, 2.75) is 5.54 Å². The fourth-order valence-electron chi connectivity index (χ4n) is 1.48. The Kier molecular flexibility index (Phi) is 1.50. The second kappa shape index (κ2) is 2.43. The zero-order valence-electron chi connectivity index (χ0n) is 6.78. The van der Waals surface area contributed by atoms with Gasteiger partial charge < -0.3 is 5.73 Å². The van der Waals surface area contributed by atoms with Crippen molar-refractivity contribution < 1.29 is 9.59 Å². The Hall–Kier alpha value is -1.62. The monoisotopic (exact) mass is 179 g/mol. The highest BCUT2D eigenvalue weighted by Crippen LogP contribution is 2.24. The fourth-order valence-corrected chi connectivity index (χ4v) is 1.48. The first-order valence-electron chi connectivity index (χ1n) is 3.90. The van der Waals surface area contributed by atoms with Gasteiger partial charge in [-0.2, -0.15) is 0 Å². The molecule has 2 amide bonds. The molecule has 2 rings (SSSR count). The van der Waals surface area contributed by atoms with Crippen molar-refractivity contribution in [3.63, 3.8) is 0 Å². The quantitative estimate of drug-likeness (QED) is 0.427. The topological polar surface area (TPSA) is 84.2 Å². The van der Waals surface area contributed by atoms with Crippen molar-refractivity contribution in [2.75, 3.05) is 0 Å². The molecule has 2 unspecified atom stereocenters. The maximum atomic E-state index is 11.4. The molecule has 1 heterocycles. The van der Waals surface area contributed by atoms with Crippen molar-refractivity contribution in [3.05, 3.63) is 24.3 Å².